The topological polar surface area (TPSA) is 63.3 Å². The Bertz CT molecular complexity index is 207. The molecule has 3 nitrogen and oxygen atoms in total. The summed E-state index contributed by atoms with van der Waals surface area (Å²) in [5.74, 6) is -0.928. The first-order chi connectivity index (χ1) is 4.22. The van der Waals surface area contributed by atoms with Crippen molar-refractivity contribution in [3.8, 4) is 0 Å². The number of carboxylic acid groups (broad SMARTS) is 1. The summed E-state index contributed by atoms with van der Waals surface area (Å²) in [7, 11) is 0. The van der Waals surface area contributed by atoms with Crippen molar-refractivity contribution in [1.82, 2.24) is 0 Å². The average molecular weight is 190 g/mol. The van der Waals surface area contributed by atoms with Crippen LogP contribution in [0.25, 0.3) is 0 Å². The van der Waals surface area contributed by atoms with Crippen molar-refractivity contribution < 1.29 is 9.90 Å². The van der Waals surface area contributed by atoms with Gasteiger partial charge in [0.05, 0.1) is 0 Å². The zero-order chi connectivity index (χ0) is 6.85. The number of carbonyl (C=O) groups is 1. The molecule has 3 N–H and O–H groups in total. The van der Waals surface area contributed by atoms with Crippen LogP contribution in [0.3, 0.4) is 0 Å². The number of hydrogen-bond acceptors (Lipinski definition) is 2. The molecule has 0 spiro atoms. The number of carboxylic acids is 1. The maximum absolute atomic E-state index is 10.2. The van der Waals surface area contributed by atoms with Crippen LogP contribution >= 0.6 is 0 Å². The van der Waals surface area contributed by atoms with Crippen molar-refractivity contribution in [2.75, 3.05) is 0 Å². The Kier molecular flexibility index (Phi) is 1.60. The van der Waals surface area contributed by atoms with Gasteiger partial charge in [0.25, 0.3) is 0 Å². The standard InChI is InChI=1S/C5H5NO2Se/c6-4-3(5(7)8)1-2-9-4/h1-2H,6H2,(H,7,8)/q+1. The molecule has 0 amide bonds. The van der Waals surface area contributed by atoms with Crippen molar-refractivity contribution >= 4 is 20.9 Å². The molecule has 47 valence electrons. The Morgan fingerprint density at radius 3 is 2.67 bits per heavy atom. The van der Waals surface area contributed by atoms with E-state index in [4.69, 9.17) is 10.8 Å². The molecule has 0 saturated heterocycles. The third-order valence-electron chi connectivity index (χ3n) is 0.926. The van der Waals surface area contributed by atoms with Crippen molar-refractivity contribution in [2.45, 2.75) is 0 Å². The van der Waals surface area contributed by atoms with E-state index in [1.165, 1.54) is 0 Å². The van der Waals surface area contributed by atoms with Gasteiger partial charge in [-0.1, -0.05) is 0 Å². The van der Waals surface area contributed by atoms with E-state index < -0.39 is 5.97 Å². The van der Waals surface area contributed by atoms with Gasteiger partial charge < -0.3 is 0 Å². The molecule has 0 fully saturated rings. The summed E-state index contributed by atoms with van der Waals surface area (Å²) in [5, 5.41) is 8.40. The van der Waals surface area contributed by atoms with Crippen molar-refractivity contribution in [3.05, 3.63) is 21.2 Å². The van der Waals surface area contributed by atoms with E-state index in [1.807, 2.05) is 0 Å². The molecule has 0 aromatic heterocycles. The number of hydrogen-bond donors (Lipinski definition) is 2. The van der Waals surface area contributed by atoms with Crippen LogP contribution in [0.15, 0.2) is 21.2 Å². The molecule has 1 aliphatic heterocycles. The minimum atomic E-state index is -0.928. The summed E-state index contributed by atoms with van der Waals surface area (Å²) in [5.41, 5.74) is 5.60. The fraction of sp³-hybridized carbons (Fsp3) is 0. The van der Waals surface area contributed by atoms with E-state index in [2.05, 4.69) is 0 Å². The van der Waals surface area contributed by atoms with Gasteiger partial charge >= 0.3 is 57.8 Å². The van der Waals surface area contributed by atoms with Crippen LogP contribution in [0.4, 0.5) is 0 Å². The van der Waals surface area contributed by atoms with Gasteiger partial charge in [-0.05, 0) is 0 Å². The Balaban J connectivity index is 2.89. The fourth-order valence-corrected chi connectivity index (χ4v) is 1.83. The molecule has 1 aliphatic rings. The number of rotatable bonds is 1. The molecule has 1 heterocycles. The summed E-state index contributed by atoms with van der Waals surface area (Å²) in [6, 6.07) is 0. The van der Waals surface area contributed by atoms with Gasteiger partial charge in [-0.2, -0.15) is 0 Å². The van der Waals surface area contributed by atoms with Crippen molar-refractivity contribution in [2.24, 2.45) is 5.73 Å². The zero-order valence-electron chi connectivity index (χ0n) is 4.50. The van der Waals surface area contributed by atoms with Gasteiger partial charge in [-0.15, -0.1) is 0 Å². The van der Waals surface area contributed by atoms with Crippen LogP contribution in [-0.4, -0.2) is 26.0 Å². The van der Waals surface area contributed by atoms with Gasteiger partial charge in [0.2, 0.25) is 0 Å². The SMILES string of the molecule is NC1=C(C(=O)O)C=C[Se+]1. The average Bonchev–Trinajstić information content (AvgIpc) is 2.13. The molecular formula is C5H5NO2Se+. The van der Waals surface area contributed by atoms with Crippen LogP contribution in [0.1, 0.15) is 0 Å². The van der Waals surface area contributed by atoms with Crippen molar-refractivity contribution in [1.29, 1.82) is 0 Å². The molecule has 1 radical (unpaired) electrons. The van der Waals surface area contributed by atoms with E-state index in [1.54, 1.807) is 11.1 Å². The van der Waals surface area contributed by atoms with Gasteiger partial charge in [-0.25, -0.2) is 0 Å². The van der Waals surface area contributed by atoms with E-state index in [9.17, 15) is 4.79 Å². The molecule has 1 rings (SSSR count). The molecule has 0 atom stereocenters. The molecule has 0 aromatic carbocycles. The first-order valence-electron chi connectivity index (χ1n) is 2.28. The van der Waals surface area contributed by atoms with E-state index in [-0.39, 0.29) is 20.5 Å². The van der Waals surface area contributed by atoms with Gasteiger partial charge in [-0.3, -0.25) is 0 Å². The number of aliphatic carboxylic acids is 1. The molecule has 0 aromatic rings. The normalized spacial score (nSPS) is 16.9. The predicted molar refractivity (Wildman–Crippen MR) is 33.7 cm³/mol. The van der Waals surface area contributed by atoms with Crippen LogP contribution in [0, 0.1) is 0 Å². The van der Waals surface area contributed by atoms with Crippen LogP contribution in [0.2, 0.25) is 0 Å². The number of nitrogens with two attached hydrogens (primary N) is 1. The Hall–Kier alpha value is -0.731. The second-order valence-corrected chi connectivity index (χ2v) is 3.49. The van der Waals surface area contributed by atoms with Gasteiger partial charge in [0.1, 0.15) is 0 Å². The zero-order valence-corrected chi connectivity index (χ0v) is 6.21. The second-order valence-electron chi connectivity index (χ2n) is 1.50. The Morgan fingerprint density at radius 2 is 2.44 bits per heavy atom. The Labute approximate surface area is 58.4 Å². The first-order valence-corrected chi connectivity index (χ1v) is 4.12. The molecule has 0 unspecified atom stereocenters. The molecule has 4 heteroatoms. The van der Waals surface area contributed by atoms with Crippen LogP contribution in [-0.2, 0) is 4.79 Å². The molecular weight excluding hydrogens is 185 g/mol. The predicted octanol–water partition coefficient (Wildman–Crippen LogP) is -0.527. The van der Waals surface area contributed by atoms with Crippen LogP contribution in [0.5, 0.6) is 0 Å². The summed E-state index contributed by atoms with van der Waals surface area (Å²) in [4.78, 5) is 12.0. The van der Waals surface area contributed by atoms with Crippen LogP contribution < -0.4 is 5.73 Å². The Morgan fingerprint density at radius 1 is 1.78 bits per heavy atom. The summed E-state index contributed by atoms with van der Waals surface area (Å²) in [6.07, 6.45) is 1.55. The monoisotopic (exact) mass is 191 g/mol. The molecule has 0 aliphatic carbocycles. The summed E-state index contributed by atoms with van der Waals surface area (Å²) < 4.78 is 0.509. The molecule has 0 bridgehead atoms. The molecule has 9 heavy (non-hydrogen) atoms. The van der Waals surface area contributed by atoms with E-state index in [0.29, 0.717) is 4.60 Å². The second kappa shape index (κ2) is 2.25. The van der Waals surface area contributed by atoms with Crippen molar-refractivity contribution in [3.63, 3.8) is 0 Å². The van der Waals surface area contributed by atoms with E-state index in [0.717, 1.165) is 0 Å². The first kappa shape index (κ1) is 6.39. The summed E-state index contributed by atoms with van der Waals surface area (Å²) in [6.45, 7) is 0. The molecule has 0 saturated carbocycles. The quantitative estimate of drug-likeness (QED) is 0.546. The minimum absolute atomic E-state index is 0.0771. The van der Waals surface area contributed by atoms with E-state index >= 15 is 0 Å². The van der Waals surface area contributed by atoms with Gasteiger partial charge in [0, 0.05) is 0 Å². The van der Waals surface area contributed by atoms with Gasteiger partial charge in [0.15, 0.2) is 0 Å². The summed E-state index contributed by atoms with van der Waals surface area (Å²) >= 11 is 0.0771. The third kappa shape index (κ3) is 1.15. The maximum atomic E-state index is 10.2. The fourth-order valence-electron chi connectivity index (χ4n) is 0.498. The third-order valence-corrected chi connectivity index (χ3v) is 2.49.